The van der Waals surface area contributed by atoms with Crippen LogP contribution in [0.25, 0.3) is 16.7 Å². The van der Waals surface area contributed by atoms with E-state index in [0.717, 1.165) is 17.7 Å². The van der Waals surface area contributed by atoms with Crippen LogP contribution in [0.4, 0.5) is 17.6 Å². The minimum absolute atomic E-state index is 0.00991. The van der Waals surface area contributed by atoms with Crippen molar-refractivity contribution in [1.29, 1.82) is 0 Å². The van der Waals surface area contributed by atoms with E-state index in [9.17, 15) is 17.6 Å². The number of rotatable bonds is 8. The molecule has 8 heteroatoms. The van der Waals surface area contributed by atoms with Gasteiger partial charge in [-0.2, -0.15) is 8.78 Å². The molecule has 1 aromatic heterocycles. The molecule has 26 heavy (non-hydrogen) atoms. The number of hydrogen-bond donors (Lipinski definition) is 0. The molecule has 0 unspecified atom stereocenters. The number of hydrogen-bond acceptors (Lipinski definition) is 4. The lowest BCUT2D eigenvalue weighted by Crippen LogP contribution is -2.19. The van der Waals surface area contributed by atoms with Gasteiger partial charge in [-0.3, -0.25) is 9.73 Å². The van der Waals surface area contributed by atoms with Crippen molar-refractivity contribution in [3.63, 3.8) is 0 Å². The Kier molecular flexibility index (Phi) is 6.31. The zero-order chi connectivity index (χ0) is 19.3. The third-order valence-corrected chi connectivity index (χ3v) is 3.80. The summed E-state index contributed by atoms with van der Waals surface area (Å²) >= 11 is 0. The van der Waals surface area contributed by atoms with Gasteiger partial charge in [-0.25, -0.2) is 13.8 Å². The van der Waals surface area contributed by atoms with Crippen molar-refractivity contribution in [1.82, 2.24) is 4.98 Å². The van der Waals surface area contributed by atoms with Gasteiger partial charge in [0.25, 0.3) is 0 Å². The van der Waals surface area contributed by atoms with Gasteiger partial charge in [0.05, 0.1) is 5.56 Å². The second-order valence-corrected chi connectivity index (χ2v) is 5.29. The number of benzene rings is 1. The zero-order valence-electron chi connectivity index (χ0n) is 14.4. The van der Waals surface area contributed by atoms with Crippen LogP contribution in [0.2, 0.25) is 0 Å². The van der Waals surface area contributed by atoms with Gasteiger partial charge in [0.1, 0.15) is 12.2 Å². The highest BCUT2D eigenvalue weighted by molar-refractivity contribution is 5.81. The second-order valence-electron chi connectivity index (χ2n) is 5.29. The second kappa shape index (κ2) is 8.27. The van der Waals surface area contributed by atoms with Crippen LogP contribution in [-0.4, -0.2) is 18.6 Å². The van der Waals surface area contributed by atoms with Crippen molar-refractivity contribution in [3.05, 3.63) is 47.0 Å². The van der Waals surface area contributed by atoms with Gasteiger partial charge in [0.2, 0.25) is 5.89 Å². The lowest BCUT2D eigenvalue weighted by Gasteiger charge is -2.17. The number of allylic oxidation sites excluding steroid dienone is 3. The number of aliphatic imine (C=N–C) groups is 1. The quantitative estimate of drug-likeness (QED) is 0.341. The van der Waals surface area contributed by atoms with Crippen LogP contribution in [0.3, 0.4) is 0 Å². The molecule has 0 bridgehead atoms. The molecule has 2 aromatic rings. The van der Waals surface area contributed by atoms with E-state index in [-0.39, 0.29) is 22.6 Å². The predicted octanol–water partition coefficient (Wildman–Crippen LogP) is 5.69. The van der Waals surface area contributed by atoms with Crippen molar-refractivity contribution in [2.24, 2.45) is 4.99 Å². The molecule has 0 spiro atoms. The maximum absolute atomic E-state index is 13.9. The molecule has 0 fully saturated rings. The number of halogens is 4. The summed E-state index contributed by atoms with van der Waals surface area (Å²) in [6.07, 6.45) is -0.0856. The highest BCUT2D eigenvalue weighted by Crippen LogP contribution is 2.36. The van der Waals surface area contributed by atoms with E-state index in [2.05, 4.69) is 21.4 Å². The third kappa shape index (κ3) is 3.85. The molecule has 0 amide bonds. The maximum atomic E-state index is 13.9. The largest absolute Gasteiger partial charge is 0.436 e. The van der Waals surface area contributed by atoms with Crippen molar-refractivity contribution < 1.29 is 26.7 Å². The molecular formula is C18H18F4N2O2. The average molecular weight is 370 g/mol. The first-order valence-corrected chi connectivity index (χ1v) is 7.81. The van der Waals surface area contributed by atoms with Crippen LogP contribution < -0.4 is 0 Å². The summed E-state index contributed by atoms with van der Waals surface area (Å²) in [5.41, 5.74) is 0.465. The Labute approximate surface area is 147 Å². The van der Waals surface area contributed by atoms with Crippen molar-refractivity contribution in [2.75, 3.05) is 6.86 Å². The van der Waals surface area contributed by atoms with Gasteiger partial charge < -0.3 is 4.42 Å². The van der Waals surface area contributed by atoms with E-state index in [1.807, 2.05) is 6.92 Å². The Morgan fingerprint density at radius 3 is 2.65 bits per heavy atom. The zero-order valence-corrected chi connectivity index (χ0v) is 14.4. The molecule has 0 aliphatic heterocycles. The minimum Gasteiger partial charge on any atom is -0.436 e. The fourth-order valence-electron chi connectivity index (χ4n) is 2.57. The Balaban J connectivity index is 2.61. The topological polar surface area (TPSA) is 47.6 Å². The summed E-state index contributed by atoms with van der Waals surface area (Å²) in [6.45, 7) is 4.18. The average Bonchev–Trinajstić information content (AvgIpc) is 3.02. The Hall–Kier alpha value is -2.48. The summed E-state index contributed by atoms with van der Waals surface area (Å²) < 4.78 is 62.6. The van der Waals surface area contributed by atoms with E-state index in [4.69, 9.17) is 4.42 Å². The predicted molar refractivity (Wildman–Crippen MR) is 91.3 cm³/mol. The first-order chi connectivity index (χ1) is 12.4. The number of alkyl halides is 4. The molecule has 0 N–H and O–H groups in total. The van der Waals surface area contributed by atoms with Gasteiger partial charge in [-0.05, 0) is 43.3 Å². The van der Waals surface area contributed by atoms with Crippen LogP contribution in [0.1, 0.15) is 37.3 Å². The van der Waals surface area contributed by atoms with Crippen molar-refractivity contribution in [2.45, 2.75) is 33.1 Å². The summed E-state index contributed by atoms with van der Waals surface area (Å²) in [6, 6.07) is 2.06. The third-order valence-electron chi connectivity index (χ3n) is 3.80. The molecule has 4 nitrogen and oxygen atoms in total. The normalized spacial score (nSPS) is 13.5. The molecule has 0 aliphatic rings. The summed E-state index contributed by atoms with van der Waals surface area (Å²) in [5, 5.41) is 0. The SMILES string of the molecule is C=N/C=C(CC)\C(=C/C)c1nc2cc(CF)c(C(F)(F)OCF)cc2o1. The molecular weight excluding hydrogens is 352 g/mol. The molecule has 0 saturated heterocycles. The lowest BCUT2D eigenvalue weighted by molar-refractivity contribution is -0.266. The summed E-state index contributed by atoms with van der Waals surface area (Å²) in [5.74, 6) is 0.177. The van der Waals surface area contributed by atoms with Gasteiger partial charge >= 0.3 is 6.11 Å². The number of oxazole rings is 1. The highest BCUT2D eigenvalue weighted by Gasteiger charge is 2.36. The van der Waals surface area contributed by atoms with Gasteiger partial charge in [0, 0.05) is 11.8 Å². The fraction of sp³-hybridized carbons (Fsp3) is 0.333. The van der Waals surface area contributed by atoms with Crippen LogP contribution in [-0.2, 0) is 17.5 Å². The number of fused-ring (bicyclic) bond motifs is 1. The molecule has 1 aromatic carbocycles. The molecule has 0 atom stereocenters. The minimum atomic E-state index is -3.98. The fourth-order valence-corrected chi connectivity index (χ4v) is 2.57. The monoisotopic (exact) mass is 370 g/mol. The van der Waals surface area contributed by atoms with Crippen LogP contribution in [0, 0.1) is 0 Å². The Morgan fingerprint density at radius 1 is 1.38 bits per heavy atom. The molecule has 1 heterocycles. The van der Waals surface area contributed by atoms with Crippen LogP contribution >= 0.6 is 0 Å². The van der Waals surface area contributed by atoms with Gasteiger partial charge in [-0.1, -0.05) is 13.0 Å². The van der Waals surface area contributed by atoms with Gasteiger partial charge in [-0.15, -0.1) is 0 Å². The van der Waals surface area contributed by atoms with E-state index < -0.39 is 25.2 Å². The summed E-state index contributed by atoms with van der Waals surface area (Å²) in [7, 11) is 0. The van der Waals surface area contributed by atoms with E-state index in [1.54, 1.807) is 19.2 Å². The maximum Gasteiger partial charge on any atom is 0.386 e. The molecule has 140 valence electrons. The first kappa shape index (κ1) is 19.8. The van der Waals surface area contributed by atoms with Crippen molar-refractivity contribution >= 4 is 23.4 Å². The number of aromatic nitrogens is 1. The van der Waals surface area contributed by atoms with E-state index >= 15 is 0 Å². The van der Waals surface area contributed by atoms with Crippen molar-refractivity contribution in [3.8, 4) is 0 Å². The smallest absolute Gasteiger partial charge is 0.386 e. The Morgan fingerprint density at radius 2 is 2.12 bits per heavy atom. The molecule has 0 saturated carbocycles. The standard InChI is InChI=1S/C18H18F4N2O2/c1-4-11(9-23-3)13(5-2)17-24-15-6-12(8-19)14(7-16(15)26-17)18(21,22)25-10-20/h5-7,9H,3-4,8,10H2,1-2H3/b11-9-,13-5+. The number of ether oxygens (including phenoxy) is 1. The Bertz CT molecular complexity index is 856. The van der Waals surface area contributed by atoms with Crippen LogP contribution in [0.15, 0.2) is 39.4 Å². The first-order valence-electron chi connectivity index (χ1n) is 7.81. The summed E-state index contributed by atoms with van der Waals surface area (Å²) in [4.78, 5) is 7.97. The number of nitrogens with zero attached hydrogens (tertiary/aromatic N) is 2. The highest BCUT2D eigenvalue weighted by atomic mass is 19.3. The van der Waals surface area contributed by atoms with E-state index in [0.29, 0.717) is 12.0 Å². The molecule has 0 aliphatic carbocycles. The molecule has 0 radical (unpaired) electrons. The van der Waals surface area contributed by atoms with Gasteiger partial charge in [0.15, 0.2) is 12.4 Å². The lowest BCUT2D eigenvalue weighted by atomic mass is 10.0. The molecule has 2 rings (SSSR count). The van der Waals surface area contributed by atoms with E-state index in [1.165, 1.54) is 0 Å². The van der Waals surface area contributed by atoms with Crippen LogP contribution in [0.5, 0.6) is 0 Å².